The number of hydrogen-bond donors (Lipinski definition) is 1. The summed E-state index contributed by atoms with van der Waals surface area (Å²) in [5, 5.41) is 2.59. The Labute approximate surface area is 142 Å². The van der Waals surface area contributed by atoms with Gasteiger partial charge in [0.25, 0.3) is 5.91 Å². The molecule has 2 aromatic carbocycles. The van der Waals surface area contributed by atoms with Crippen LogP contribution in [-0.2, 0) is 15.7 Å². The fourth-order valence-corrected chi connectivity index (χ4v) is 2.25. The first-order valence-electron chi connectivity index (χ1n) is 7.44. The van der Waals surface area contributed by atoms with Gasteiger partial charge in [0.2, 0.25) is 0 Å². The van der Waals surface area contributed by atoms with Crippen molar-refractivity contribution in [3.63, 3.8) is 0 Å². The van der Waals surface area contributed by atoms with Crippen molar-refractivity contribution in [3.05, 3.63) is 59.7 Å². The first-order valence-corrected chi connectivity index (χ1v) is 7.44. The van der Waals surface area contributed by atoms with E-state index in [-0.39, 0.29) is 13.0 Å². The van der Waals surface area contributed by atoms with Gasteiger partial charge in [0.15, 0.2) is 0 Å². The van der Waals surface area contributed by atoms with Crippen LogP contribution in [0, 0.1) is 0 Å². The molecule has 2 rings (SSSR count). The van der Waals surface area contributed by atoms with Crippen LogP contribution in [0.1, 0.15) is 22.3 Å². The Morgan fingerprint density at radius 3 is 2.28 bits per heavy atom. The number of esters is 1. The Kier molecular flexibility index (Phi) is 5.80. The molecule has 0 unspecified atom stereocenters. The van der Waals surface area contributed by atoms with Crippen molar-refractivity contribution in [2.24, 2.45) is 0 Å². The molecule has 0 radical (unpaired) electrons. The lowest BCUT2D eigenvalue weighted by atomic mass is 9.98. The summed E-state index contributed by atoms with van der Waals surface area (Å²) in [5.74, 6) is -0.865. The third-order valence-electron chi connectivity index (χ3n) is 3.54. The standard InChI is InChI=1S/C18H16F3NO3/c1-25-16(23)10-11-22-17(24)15-5-3-2-4-14(15)12-6-8-13(9-7-12)18(19,20)21/h2-9H,10-11H2,1H3,(H,22,24). The van der Waals surface area contributed by atoms with Crippen molar-refractivity contribution in [1.82, 2.24) is 5.32 Å². The average Bonchev–Trinajstić information content (AvgIpc) is 2.60. The maximum atomic E-state index is 12.7. The van der Waals surface area contributed by atoms with Crippen LogP contribution in [0.3, 0.4) is 0 Å². The van der Waals surface area contributed by atoms with Gasteiger partial charge in [-0.1, -0.05) is 30.3 Å². The zero-order chi connectivity index (χ0) is 18.4. The van der Waals surface area contributed by atoms with Gasteiger partial charge < -0.3 is 10.1 Å². The highest BCUT2D eigenvalue weighted by Gasteiger charge is 2.30. The van der Waals surface area contributed by atoms with E-state index in [2.05, 4.69) is 10.1 Å². The van der Waals surface area contributed by atoms with Gasteiger partial charge in [-0.3, -0.25) is 9.59 Å². The number of benzene rings is 2. The maximum absolute atomic E-state index is 12.7. The largest absolute Gasteiger partial charge is 0.469 e. The number of carbonyl (C=O) groups is 2. The van der Waals surface area contributed by atoms with E-state index in [1.165, 1.54) is 19.2 Å². The minimum Gasteiger partial charge on any atom is -0.469 e. The molecule has 0 aliphatic rings. The normalized spacial score (nSPS) is 11.0. The lowest BCUT2D eigenvalue weighted by Crippen LogP contribution is -2.26. The van der Waals surface area contributed by atoms with Crippen molar-refractivity contribution in [3.8, 4) is 11.1 Å². The minimum absolute atomic E-state index is 0.0324. The number of amides is 1. The van der Waals surface area contributed by atoms with Crippen LogP contribution in [-0.4, -0.2) is 25.5 Å². The average molecular weight is 351 g/mol. The van der Waals surface area contributed by atoms with E-state index in [9.17, 15) is 22.8 Å². The van der Waals surface area contributed by atoms with Crippen LogP contribution in [0.4, 0.5) is 13.2 Å². The molecule has 0 saturated heterocycles. The van der Waals surface area contributed by atoms with Crippen LogP contribution < -0.4 is 5.32 Å². The van der Waals surface area contributed by atoms with E-state index in [4.69, 9.17) is 0 Å². The number of halogens is 3. The molecule has 0 saturated carbocycles. The third-order valence-corrected chi connectivity index (χ3v) is 3.54. The van der Waals surface area contributed by atoms with E-state index in [1.807, 2.05) is 0 Å². The van der Waals surface area contributed by atoms with E-state index in [1.54, 1.807) is 24.3 Å². The Morgan fingerprint density at radius 2 is 1.68 bits per heavy atom. The van der Waals surface area contributed by atoms with Crippen LogP contribution in [0.15, 0.2) is 48.5 Å². The van der Waals surface area contributed by atoms with E-state index >= 15 is 0 Å². The van der Waals surface area contributed by atoms with Gasteiger partial charge in [-0.2, -0.15) is 13.2 Å². The minimum atomic E-state index is -4.41. The quantitative estimate of drug-likeness (QED) is 0.837. The number of hydrogen-bond acceptors (Lipinski definition) is 3. The van der Waals surface area contributed by atoms with Gasteiger partial charge in [0.1, 0.15) is 0 Å². The Morgan fingerprint density at radius 1 is 1.04 bits per heavy atom. The van der Waals surface area contributed by atoms with Crippen molar-refractivity contribution in [2.75, 3.05) is 13.7 Å². The SMILES string of the molecule is COC(=O)CCNC(=O)c1ccccc1-c1ccc(C(F)(F)F)cc1. The summed E-state index contributed by atoms with van der Waals surface area (Å²) in [7, 11) is 1.25. The maximum Gasteiger partial charge on any atom is 0.416 e. The molecule has 0 fully saturated rings. The Balaban J connectivity index is 2.20. The fraction of sp³-hybridized carbons (Fsp3) is 0.222. The predicted octanol–water partition coefficient (Wildman–Crippen LogP) is 3.67. The summed E-state index contributed by atoms with van der Waals surface area (Å²) >= 11 is 0. The van der Waals surface area contributed by atoms with Crippen LogP contribution in [0.2, 0.25) is 0 Å². The fourth-order valence-electron chi connectivity index (χ4n) is 2.25. The summed E-state index contributed by atoms with van der Waals surface area (Å²) in [6.45, 7) is 0.104. The molecule has 0 aromatic heterocycles. The lowest BCUT2D eigenvalue weighted by molar-refractivity contribution is -0.140. The zero-order valence-corrected chi connectivity index (χ0v) is 13.4. The van der Waals surface area contributed by atoms with Crippen molar-refractivity contribution in [1.29, 1.82) is 0 Å². The Bertz CT molecular complexity index is 755. The zero-order valence-electron chi connectivity index (χ0n) is 13.4. The van der Waals surface area contributed by atoms with E-state index in [0.29, 0.717) is 16.7 Å². The molecule has 2 aromatic rings. The van der Waals surface area contributed by atoms with Crippen molar-refractivity contribution in [2.45, 2.75) is 12.6 Å². The molecule has 25 heavy (non-hydrogen) atoms. The molecule has 132 valence electrons. The second kappa shape index (κ2) is 7.83. The molecule has 0 atom stereocenters. The van der Waals surface area contributed by atoms with Crippen LogP contribution >= 0.6 is 0 Å². The molecule has 7 heteroatoms. The molecule has 1 amide bonds. The van der Waals surface area contributed by atoms with Crippen LogP contribution in [0.25, 0.3) is 11.1 Å². The summed E-state index contributed by atoms with van der Waals surface area (Å²) in [6, 6.07) is 11.2. The molecule has 1 N–H and O–H groups in total. The topological polar surface area (TPSA) is 55.4 Å². The van der Waals surface area contributed by atoms with Gasteiger partial charge in [-0.25, -0.2) is 0 Å². The van der Waals surface area contributed by atoms with Gasteiger partial charge in [-0.15, -0.1) is 0 Å². The molecule has 0 spiro atoms. The van der Waals surface area contributed by atoms with Gasteiger partial charge in [0.05, 0.1) is 19.1 Å². The number of alkyl halides is 3. The highest BCUT2D eigenvalue weighted by molar-refractivity contribution is 6.01. The Hall–Kier alpha value is -2.83. The van der Waals surface area contributed by atoms with Crippen LogP contribution in [0.5, 0.6) is 0 Å². The molecule has 0 aliphatic carbocycles. The van der Waals surface area contributed by atoms with Gasteiger partial charge in [-0.05, 0) is 29.3 Å². The number of nitrogens with one attached hydrogen (secondary N) is 1. The summed E-state index contributed by atoms with van der Waals surface area (Å²) in [5.41, 5.74) is 0.557. The number of methoxy groups -OCH3 is 1. The molecule has 0 aliphatic heterocycles. The first-order chi connectivity index (χ1) is 11.8. The molecular weight excluding hydrogens is 335 g/mol. The number of rotatable bonds is 5. The van der Waals surface area contributed by atoms with E-state index < -0.39 is 23.6 Å². The summed E-state index contributed by atoms with van der Waals surface area (Å²) in [6.07, 6.45) is -4.38. The summed E-state index contributed by atoms with van der Waals surface area (Å²) < 4.78 is 42.5. The number of carbonyl (C=O) groups excluding carboxylic acids is 2. The summed E-state index contributed by atoms with van der Waals surface area (Å²) in [4.78, 5) is 23.4. The molecule has 4 nitrogen and oxygen atoms in total. The molecular formula is C18H16F3NO3. The highest BCUT2D eigenvalue weighted by Crippen LogP contribution is 2.31. The first kappa shape index (κ1) is 18.5. The van der Waals surface area contributed by atoms with Gasteiger partial charge in [0, 0.05) is 12.1 Å². The third kappa shape index (κ3) is 4.82. The van der Waals surface area contributed by atoms with E-state index in [0.717, 1.165) is 12.1 Å². The van der Waals surface area contributed by atoms with Crippen molar-refractivity contribution < 1.29 is 27.5 Å². The lowest BCUT2D eigenvalue weighted by Gasteiger charge is -2.12. The molecule has 0 heterocycles. The highest BCUT2D eigenvalue weighted by atomic mass is 19.4. The van der Waals surface area contributed by atoms with Crippen molar-refractivity contribution >= 4 is 11.9 Å². The molecule has 0 bridgehead atoms. The second-order valence-electron chi connectivity index (χ2n) is 5.20. The van der Waals surface area contributed by atoms with Gasteiger partial charge >= 0.3 is 12.1 Å². The predicted molar refractivity (Wildman–Crippen MR) is 85.8 cm³/mol. The monoisotopic (exact) mass is 351 g/mol. The number of ether oxygens (including phenoxy) is 1. The second-order valence-corrected chi connectivity index (χ2v) is 5.20. The smallest absolute Gasteiger partial charge is 0.416 e.